The minimum absolute atomic E-state index is 0.311. The van der Waals surface area contributed by atoms with Gasteiger partial charge in [0.1, 0.15) is 0 Å². The van der Waals surface area contributed by atoms with E-state index in [0.717, 1.165) is 25.9 Å². The highest BCUT2D eigenvalue weighted by molar-refractivity contribution is 5.01. The number of nitrogens with zero attached hydrogens (tertiary/aromatic N) is 2. The number of nitrogens with one attached hydrogen (secondary N) is 1. The van der Waals surface area contributed by atoms with Crippen molar-refractivity contribution in [2.75, 3.05) is 6.54 Å². The van der Waals surface area contributed by atoms with Gasteiger partial charge >= 0.3 is 0 Å². The molecule has 1 aromatic rings. The third-order valence-electron chi connectivity index (χ3n) is 3.42. The van der Waals surface area contributed by atoms with Crippen LogP contribution in [0.5, 0.6) is 0 Å². The molecule has 0 aliphatic heterocycles. The molecule has 0 saturated heterocycles. The highest BCUT2D eigenvalue weighted by Crippen LogP contribution is 2.23. The Kier molecular flexibility index (Phi) is 5.86. The molecule has 1 heterocycles. The molecule has 18 heavy (non-hydrogen) atoms. The van der Waals surface area contributed by atoms with E-state index < -0.39 is 0 Å². The summed E-state index contributed by atoms with van der Waals surface area (Å²) in [4.78, 5) is 0. The summed E-state index contributed by atoms with van der Waals surface area (Å²) in [6.07, 6.45) is 5.34. The summed E-state index contributed by atoms with van der Waals surface area (Å²) >= 11 is 0. The lowest BCUT2D eigenvalue weighted by atomic mass is 9.83. The number of rotatable bonds is 7. The van der Waals surface area contributed by atoms with Crippen LogP contribution in [0.15, 0.2) is 12.3 Å². The zero-order chi connectivity index (χ0) is 13.6. The zero-order valence-corrected chi connectivity index (χ0v) is 12.7. The second kappa shape index (κ2) is 6.93. The molecule has 0 aliphatic carbocycles. The maximum Gasteiger partial charge on any atom is 0.0492 e. The molecule has 104 valence electrons. The van der Waals surface area contributed by atoms with Crippen molar-refractivity contribution < 1.29 is 0 Å². The van der Waals surface area contributed by atoms with Crippen molar-refractivity contribution in [2.45, 2.75) is 66.5 Å². The van der Waals surface area contributed by atoms with E-state index in [4.69, 9.17) is 0 Å². The fourth-order valence-electron chi connectivity index (χ4n) is 2.37. The molecular weight excluding hydrogens is 222 g/mol. The van der Waals surface area contributed by atoms with Crippen LogP contribution >= 0.6 is 0 Å². The minimum atomic E-state index is 0.311. The molecule has 1 N–H and O–H groups in total. The van der Waals surface area contributed by atoms with E-state index in [2.05, 4.69) is 55.8 Å². The highest BCUT2D eigenvalue weighted by atomic mass is 15.3. The number of aryl methyl sites for hydroxylation is 2. The first-order valence-electron chi connectivity index (χ1n) is 7.23. The normalized spacial score (nSPS) is 13.8. The molecule has 1 aromatic heterocycles. The molecule has 0 radical (unpaired) electrons. The van der Waals surface area contributed by atoms with Gasteiger partial charge in [-0.2, -0.15) is 5.10 Å². The van der Waals surface area contributed by atoms with Gasteiger partial charge in [0.2, 0.25) is 0 Å². The fourth-order valence-corrected chi connectivity index (χ4v) is 2.37. The third kappa shape index (κ3) is 4.45. The Morgan fingerprint density at radius 1 is 1.33 bits per heavy atom. The highest BCUT2D eigenvalue weighted by Gasteiger charge is 2.23. The molecular formula is C15H29N3. The van der Waals surface area contributed by atoms with Crippen LogP contribution in [-0.4, -0.2) is 22.4 Å². The van der Waals surface area contributed by atoms with Crippen molar-refractivity contribution in [3.05, 3.63) is 18.0 Å². The Morgan fingerprint density at radius 2 is 2.06 bits per heavy atom. The molecule has 0 aromatic carbocycles. The SMILES string of the molecule is CCCn1nccc1CCC(NCC)C(C)(C)C. The Hall–Kier alpha value is -0.830. The first-order chi connectivity index (χ1) is 8.49. The van der Waals surface area contributed by atoms with Crippen molar-refractivity contribution in [3.8, 4) is 0 Å². The maximum atomic E-state index is 4.39. The van der Waals surface area contributed by atoms with Crippen molar-refractivity contribution in [1.82, 2.24) is 15.1 Å². The monoisotopic (exact) mass is 251 g/mol. The van der Waals surface area contributed by atoms with Crippen LogP contribution < -0.4 is 5.32 Å². The van der Waals surface area contributed by atoms with Crippen LogP contribution in [0.25, 0.3) is 0 Å². The summed E-state index contributed by atoms with van der Waals surface area (Å²) in [7, 11) is 0. The topological polar surface area (TPSA) is 29.9 Å². The predicted octanol–water partition coefficient (Wildman–Crippen LogP) is 3.25. The largest absolute Gasteiger partial charge is 0.314 e. The van der Waals surface area contributed by atoms with E-state index in [1.807, 2.05) is 6.20 Å². The molecule has 0 bridgehead atoms. The van der Waals surface area contributed by atoms with Gasteiger partial charge in [-0.25, -0.2) is 0 Å². The molecule has 3 nitrogen and oxygen atoms in total. The summed E-state index contributed by atoms with van der Waals surface area (Å²) < 4.78 is 2.14. The Balaban J connectivity index is 2.58. The quantitative estimate of drug-likeness (QED) is 0.806. The summed E-state index contributed by atoms with van der Waals surface area (Å²) in [6.45, 7) is 13.4. The van der Waals surface area contributed by atoms with Gasteiger partial charge in [0.05, 0.1) is 0 Å². The molecule has 0 saturated carbocycles. The van der Waals surface area contributed by atoms with Crippen molar-refractivity contribution in [2.24, 2.45) is 5.41 Å². The fraction of sp³-hybridized carbons (Fsp3) is 0.800. The molecule has 3 heteroatoms. The van der Waals surface area contributed by atoms with Crippen molar-refractivity contribution in [3.63, 3.8) is 0 Å². The molecule has 1 atom stereocenters. The van der Waals surface area contributed by atoms with Gasteiger partial charge in [-0.05, 0) is 37.3 Å². The lowest BCUT2D eigenvalue weighted by Gasteiger charge is -2.31. The molecule has 0 aliphatic rings. The van der Waals surface area contributed by atoms with E-state index in [9.17, 15) is 0 Å². The van der Waals surface area contributed by atoms with Crippen LogP contribution in [0.2, 0.25) is 0 Å². The molecule has 1 unspecified atom stereocenters. The number of aromatic nitrogens is 2. The van der Waals surface area contributed by atoms with E-state index in [0.29, 0.717) is 11.5 Å². The van der Waals surface area contributed by atoms with Crippen LogP contribution in [0.4, 0.5) is 0 Å². The summed E-state index contributed by atoms with van der Waals surface area (Å²) in [5, 5.41) is 8.00. The lowest BCUT2D eigenvalue weighted by Crippen LogP contribution is -2.40. The Labute approximate surface area is 112 Å². The summed E-state index contributed by atoms with van der Waals surface area (Å²) in [5.74, 6) is 0. The molecule has 0 amide bonds. The smallest absolute Gasteiger partial charge is 0.0492 e. The average Bonchev–Trinajstić information content (AvgIpc) is 2.71. The lowest BCUT2D eigenvalue weighted by molar-refractivity contribution is 0.257. The van der Waals surface area contributed by atoms with Gasteiger partial charge in [-0.3, -0.25) is 4.68 Å². The van der Waals surface area contributed by atoms with Crippen molar-refractivity contribution in [1.29, 1.82) is 0 Å². The van der Waals surface area contributed by atoms with Crippen molar-refractivity contribution >= 4 is 0 Å². The van der Waals surface area contributed by atoms with Crippen LogP contribution in [-0.2, 0) is 13.0 Å². The van der Waals surface area contributed by atoms with Gasteiger partial charge < -0.3 is 5.32 Å². The van der Waals surface area contributed by atoms with Crippen LogP contribution in [0.1, 0.15) is 53.2 Å². The van der Waals surface area contributed by atoms with Gasteiger partial charge in [0, 0.05) is 24.5 Å². The van der Waals surface area contributed by atoms with E-state index in [-0.39, 0.29) is 0 Å². The predicted molar refractivity (Wildman–Crippen MR) is 77.8 cm³/mol. The van der Waals surface area contributed by atoms with E-state index >= 15 is 0 Å². The zero-order valence-electron chi connectivity index (χ0n) is 12.7. The summed E-state index contributed by atoms with van der Waals surface area (Å²) in [5.41, 5.74) is 1.68. The second-order valence-corrected chi connectivity index (χ2v) is 6.06. The van der Waals surface area contributed by atoms with Crippen LogP contribution in [0.3, 0.4) is 0 Å². The van der Waals surface area contributed by atoms with Gasteiger partial charge in [-0.1, -0.05) is 34.6 Å². The summed E-state index contributed by atoms with van der Waals surface area (Å²) in [6, 6.07) is 2.72. The van der Waals surface area contributed by atoms with E-state index in [1.165, 1.54) is 12.1 Å². The van der Waals surface area contributed by atoms with Gasteiger partial charge in [-0.15, -0.1) is 0 Å². The first kappa shape index (κ1) is 15.2. The van der Waals surface area contributed by atoms with Gasteiger partial charge in [0.15, 0.2) is 0 Å². The van der Waals surface area contributed by atoms with Crippen LogP contribution in [0, 0.1) is 5.41 Å². The Bertz CT molecular complexity index is 336. The number of hydrogen-bond donors (Lipinski definition) is 1. The molecule has 0 fully saturated rings. The standard InChI is InChI=1S/C15H29N3/c1-6-12-18-13(10-11-17-18)8-9-14(16-7-2)15(3,4)5/h10-11,14,16H,6-9,12H2,1-5H3. The third-order valence-corrected chi connectivity index (χ3v) is 3.42. The molecule has 1 rings (SSSR count). The number of hydrogen-bond acceptors (Lipinski definition) is 2. The van der Waals surface area contributed by atoms with Gasteiger partial charge in [0.25, 0.3) is 0 Å². The first-order valence-corrected chi connectivity index (χ1v) is 7.23. The molecule has 0 spiro atoms. The average molecular weight is 251 g/mol. The Morgan fingerprint density at radius 3 is 2.61 bits per heavy atom. The second-order valence-electron chi connectivity index (χ2n) is 6.06. The van der Waals surface area contributed by atoms with E-state index in [1.54, 1.807) is 0 Å². The maximum absolute atomic E-state index is 4.39. The minimum Gasteiger partial charge on any atom is -0.314 e.